The number of hydrogen-bond donors (Lipinski definition) is 0. The molecule has 0 rings (SSSR count). The van der Waals surface area contributed by atoms with Crippen LogP contribution in [-0.4, -0.2) is 0 Å². The number of allylic oxidation sites excluding steroid dienone is 2. The molecular formula is C23H46. The Labute approximate surface area is 148 Å². The average molecular weight is 323 g/mol. The van der Waals surface area contributed by atoms with Crippen LogP contribution in [0.1, 0.15) is 136 Å². The first-order chi connectivity index (χ1) is 11.4. The van der Waals surface area contributed by atoms with Crippen molar-refractivity contribution < 1.29 is 0 Å². The largest absolute Gasteiger partial charge is 0.0885 e. The van der Waals surface area contributed by atoms with E-state index in [1.807, 2.05) is 0 Å². The molecule has 0 bridgehead atoms. The Hall–Kier alpha value is -0.260. The quantitative estimate of drug-likeness (QED) is 0.164. The second-order valence-corrected chi connectivity index (χ2v) is 7.35. The summed E-state index contributed by atoms with van der Waals surface area (Å²) >= 11 is 0. The zero-order chi connectivity index (χ0) is 16.8. The summed E-state index contributed by atoms with van der Waals surface area (Å²) in [5.41, 5.74) is 0. The topological polar surface area (TPSA) is 0 Å². The summed E-state index contributed by atoms with van der Waals surface area (Å²) in [6.07, 6.45) is 31.9. The van der Waals surface area contributed by atoms with Crippen LogP contribution in [0.5, 0.6) is 0 Å². The third-order valence-corrected chi connectivity index (χ3v) is 4.87. The fraction of sp³-hybridized carbons (Fsp3) is 0.913. The zero-order valence-corrected chi connectivity index (χ0v) is 16.6. The molecule has 0 aromatic heterocycles. The number of hydrogen-bond acceptors (Lipinski definition) is 0. The average Bonchev–Trinajstić information content (AvgIpc) is 2.57. The number of rotatable bonds is 19. The predicted molar refractivity (Wildman–Crippen MR) is 108 cm³/mol. The standard InChI is InChI=1S/C23H46/c1-3-5-7-9-11-13-15-17-19-21-23-22-20-18-16-14-12-10-8-6-4-2/h19,21H,3-18,20,22-23H2,1-2H3. The molecule has 0 radical (unpaired) electrons. The van der Waals surface area contributed by atoms with Gasteiger partial charge in [-0.2, -0.15) is 0 Å². The Bertz CT molecular complexity index is 216. The van der Waals surface area contributed by atoms with Gasteiger partial charge in [0.2, 0.25) is 0 Å². The van der Waals surface area contributed by atoms with Gasteiger partial charge >= 0.3 is 0 Å². The molecule has 0 heterocycles. The molecule has 0 aromatic rings. The van der Waals surface area contributed by atoms with Crippen molar-refractivity contribution in [2.75, 3.05) is 0 Å². The minimum atomic E-state index is 1.31. The highest BCUT2D eigenvalue weighted by molar-refractivity contribution is 4.81. The van der Waals surface area contributed by atoms with E-state index in [2.05, 4.69) is 26.0 Å². The summed E-state index contributed by atoms with van der Waals surface area (Å²) in [4.78, 5) is 0. The lowest BCUT2D eigenvalue weighted by molar-refractivity contribution is 0.557. The van der Waals surface area contributed by atoms with Crippen LogP contribution in [0, 0.1) is 0 Å². The van der Waals surface area contributed by atoms with Crippen LogP contribution in [0.3, 0.4) is 0 Å². The molecule has 0 fully saturated rings. The van der Waals surface area contributed by atoms with Crippen LogP contribution in [0.25, 0.3) is 0 Å². The SMILES string of the molecule is CCCCCCCCCC=CCCCCCCCCCCCC. The Kier molecular flexibility index (Phi) is 21.5. The molecule has 0 saturated carbocycles. The maximum atomic E-state index is 2.43. The highest BCUT2D eigenvalue weighted by atomic mass is 14.0. The van der Waals surface area contributed by atoms with Crippen molar-refractivity contribution in [2.45, 2.75) is 136 Å². The third kappa shape index (κ3) is 21.7. The van der Waals surface area contributed by atoms with E-state index in [0.717, 1.165) is 0 Å². The van der Waals surface area contributed by atoms with Crippen molar-refractivity contribution in [3.63, 3.8) is 0 Å². The van der Waals surface area contributed by atoms with Gasteiger partial charge in [0.05, 0.1) is 0 Å². The second kappa shape index (κ2) is 21.7. The Morgan fingerprint density at radius 1 is 0.348 bits per heavy atom. The molecule has 0 unspecified atom stereocenters. The molecule has 0 aliphatic carbocycles. The molecule has 0 N–H and O–H groups in total. The smallest absolute Gasteiger partial charge is 0.0351 e. The summed E-state index contributed by atoms with van der Waals surface area (Å²) in [5.74, 6) is 0. The van der Waals surface area contributed by atoms with Crippen LogP contribution in [0.4, 0.5) is 0 Å². The van der Waals surface area contributed by atoms with Crippen molar-refractivity contribution >= 4 is 0 Å². The minimum absolute atomic E-state index is 1.31. The monoisotopic (exact) mass is 322 g/mol. The summed E-state index contributed by atoms with van der Waals surface area (Å²) in [6, 6.07) is 0. The lowest BCUT2D eigenvalue weighted by Crippen LogP contribution is -1.81. The molecule has 138 valence electrons. The van der Waals surface area contributed by atoms with Crippen LogP contribution in [0.2, 0.25) is 0 Å². The first-order valence-corrected chi connectivity index (χ1v) is 11.1. The van der Waals surface area contributed by atoms with Crippen molar-refractivity contribution in [3.05, 3.63) is 12.2 Å². The van der Waals surface area contributed by atoms with E-state index >= 15 is 0 Å². The van der Waals surface area contributed by atoms with Gasteiger partial charge in [0.15, 0.2) is 0 Å². The van der Waals surface area contributed by atoms with Crippen molar-refractivity contribution in [1.82, 2.24) is 0 Å². The Morgan fingerprint density at radius 2 is 0.609 bits per heavy atom. The highest BCUT2D eigenvalue weighted by Crippen LogP contribution is 2.12. The highest BCUT2D eigenvalue weighted by Gasteiger charge is 1.92. The van der Waals surface area contributed by atoms with Gasteiger partial charge in [-0.15, -0.1) is 0 Å². The predicted octanol–water partition coefficient (Wildman–Crippen LogP) is 8.99. The van der Waals surface area contributed by atoms with E-state index in [9.17, 15) is 0 Å². The summed E-state index contributed by atoms with van der Waals surface area (Å²) < 4.78 is 0. The van der Waals surface area contributed by atoms with Crippen LogP contribution >= 0.6 is 0 Å². The van der Waals surface area contributed by atoms with Gasteiger partial charge in [-0.25, -0.2) is 0 Å². The molecule has 0 aliphatic rings. The lowest BCUT2D eigenvalue weighted by atomic mass is 10.1. The van der Waals surface area contributed by atoms with Gasteiger partial charge in [0, 0.05) is 0 Å². The molecule has 0 amide bonds. The van der Waals surface area contributed by atoms with E-state index in [4.69, 9.17) is 0 Å². The second-order valence-electron chi connectivity index (χ2n) is 7.35. The molecular weight excluding hydrogens is 276 g/mol. The molecule has 0 saturated heterocycles. The normalized spacial score (nSPS) is 11.6. The van der Waals surface area contributed by atoms with E-state index in [1.54, 1.807) is 0 Å². The zero-order valence-electron chi connectivity index (χ0n) is 16.6. The van der Waals surface area contributed by atoms with E-state index in [0.29, 0.717) is 0 Å². The van der Waals surface area contributed by atoms with Crippen LogP contribution in [-0.2, 0) is 0 Å². The van der Waals surface area contributed by atoms with E-state index in [1.165, 1.54) is 122 Å². The minimum Gasteiger partial charge on any atom is -0.0885 e. The molecule has 0 heteroatoms. The van der Waals surface area contributed by atoms with Crippen LogP contribution in [0.15, 0.2) is 12.2 Å². The maximum Gasteiger partial charge on any atom is -0.0351 e. The van der Waals surface area contributed by atoms with Gasteiger partial charge in [-0.1, -0.05) is 122 Å². The Balaban J connectivity index is 3.03. The summed E-state index contributed by atoms with van der Waals surface area (Å²) in [7, 11) is 0. The molecule has 23 heavy (non-hydrogen) atoms. The molecule has 0 atom stereocenters. The molecule has 0 spiro atoms. The first kappa shape index (κ1) is 22.7. The van der Waals surface area contributed by atoms with E-state index in [-0.39, 0.29) is 0 Å². The fourth-order valence-corrected chi connectivity index (χ4v) is 3.20. The van der Waals surface area contributed by atoms with Gasteiger partial charge in [0.25, 0.3) is 0 Å². The maximum absolute atomic E-state index is 2.43. The fourth-order valence-electron chi connectivity index (χ4n) is 3.20. The number of unbranched alkanes of at least 4 members (excludes halogenated alkanes) is 17. The van der Waals surface area contributed by atoms with Gasteiger partial charge in [0.1, 0.15) is 0 Å². The van der Waals surface area contributed by atoms with Gasteiger partial charge in [-0.3, -0.25) is 0 Å². The summed E-state index contributed by atoms with van der Waals surface area (Å²) in [6.45, 7) is 4.59. The van der Waals surface area contributed by atoms with Gasteiger partial charge in [-0.05, 0) is 25.7 Å². The van der Waals surface area contributed by atoms with Gasteiger partial charge < -0.3 is 0 Å². The lowest BCUT2D eigenvalue weighted by Gasteiger charge is -2.01. The third-order valence-electron chi connectivity index (χ3n) is 4.87. The van der Waals surface area contributed by atoms with Crippen molar-refractivity contribution in [2.24, 2.45) is 0 Å². The van der Waals surface area contributed by atoms with Crippen LogP contribution < -0.4 is 0 Å². The molecule has 0 nitrogen and oxygen atoms in total. The molecule has 0 aliphatic heterocycles. The van der Waals surface area contributed by atoms with Crippen molar-refractivity contribution in [3.8, 4) is 0 Å². The molecule has 0 aromatic carbocycles. The summed E-state index contributed by atoms with van der Waals surface area (Å²) in [5, 5.41) is 0. The Morgan fingerprint density at radius 3 is 0.913 bits per heavy atom. The van der Waals surface area contributed by atoms with Crippen molar-refractivity contribution in [1.29, 1.82) is 0 Å². The first-order valence-electron chi connectivity index (χ1n) is 11.1. The van der Waals surface area contributed by atoms with E-state index < -0.39 is 0 Å².